The third-order valence-electron chi connectivity index (χ3n) is 3.48. The lowest BCUT2D eigenvalue weighted by atomic mass is 10.3. The lowest BCUT2D eigenvalue weighted by Crippen LogP contribution is -2.45. The average Bonchev–Trinajstić information content (AvgIpc) is 3.02. The molecule has 1 aliphatic heterocycles. The SMILES string of the molecule is CN1CCN(c2ncc(NC(=O)Cn3cncn3)cn2)CC1. The van der Waals surface area contributed by atoms with Crippen LogP contribution in [0.2, 0.25) is 0 Å². The first-order chi connectivity index (χ1) is 10.7. The molecule has 1 amide bonds. The van der Waals surface area contributed by atoms with E-state index in [1.165, 1.54) is 17.3 Å². The Kier molecular flexibility index (Phi) is 4.24. The fourth-order valence-electron chi connectivity index (χ4n) is 2.22. The van der Waals surface area contributed by atoms with Gasteiger partial charge in [-0.15, -0.1) is 0 Å². The topological polar surface area (TPSA) is 92.1 Å². The molecule has 1 aliphatic rings. The van der Waals surface area contributed by atoms with Crippen molar-refractivity contribution in [3.8, 4) is 0 Å². The van der Waals surface area contributed by atoms with E-state index in [1.807, 2.05) is 0 Å². The van der Waals surface area contributed by atoms with Crippen LogP contribution in [0.4, 0.5) is 11.6 Å². The number of nitrogens with one attached hydrogen (secondary N) is 1. The van der Waals surface area contributed by atoms with Crippen molar-refractivity contribution >= 4 is 17.5 Å². The van der Waals surface area contributed by atoms with Crippen LogP contribution >= 0.6 is 0 Å². The van der Waals surface area contributed by atoms with Crippen LogP contribution in [0.3, 0.4) is 0 Å². The smallest absolute Gasteiger partial charge is 0.246 e. The summed E-state index contributed by atoms with van der Waals surface area (Å²) in [7, 11) is 2.10. The molecule has 9 heteroatoms. The van der Waals surface area contributed by atoms with Crippen LogP contribution in [0.5, 0.6) is 0 Å². The molecule has 3 heterocycles. The molecule has 0 spiro atoms. The molecule has 0 saturated carbocycles. The summed E-state index contributed by atoms with van der Waals surface area (Å²) < 4.78 is 1.45. The summed E-state index contributed by atoms with van der Waals surface area (Å²) in [4.78, 5) is 28.7. The van der Waals surface area contributed by atoms with E-state index in [9.17, 15) is 4.79 Å². The molecule has 0 unspecified atom stereocenters. The molecule has 0 aromatic carbocycles. The van der Waals surface area contributed by atoms with Gasteiger partial charge in [-0.25, -0.2) is 19.6 Å². The van der Waals surface area contributed by atoms with Crippen molar-refractivity contribution in [2.24, 2.45) is 0 Å². The summed E-state index contributed by atoms with van der Waals surface area (Å²) in [6.07, 6.45) is 6.13. The lowest BCUT2D eigenvalue weighted by Gasteiger charge is -2.32. The highest BCUT2D eigenvalue weighted by Crippen LogP contribution is 2.12. The first-order valence-corrected chi connectivity index (χ1v) is 7.08. The average molecular weight is 302 g/mol. The van der Waals surface area contributed by atoms with E-state index < -0.39 is 0 Å². The third kappa shape index (κ3) is 3.55. The van der Waals surface area contributed by atoms with Crippen LogP contribution < -0.4 is 10.2 Å². The van der Waals surface area contributed by atoms with E-state index in [0.717, 1.165) is 26.2 Å². The van der Waals surface area contributed by atoms with E-state index in [0.29, 0.717) is 11.6 Å². The quantitative estimate of drug-likeness (QED) is 0.810. The van der Waals surface area contributed by atoms with Crippen LogP contribution in [-0.4, -0.2) is 68.8 Å². The zero-order chi connectivity index (χ0) is 15.4. The Labute approximate surface area is 128 Å². The third-order valence-corrected chi connectivity index (χ3v) is 3.48. The number of piperazine rings is 1. The Morgan fingerprint density at radius 2 is 1.95 bits per heavy atom. The first kappa shape index (κ1) is 14.4. The summed E-state index contributed by atoms with van der Waals surface area (Å²) >= 11 is 0. The second-order valence-electron chi connectivity index (χ2n) is 5.20. The minimum Gasteiger partial charge on any atom is -0.338 e. The van der Waals surface area contributed by atoms with Gasteiger partial charge in [0.2, 0.25) is 11.9 Å². The van der Waals surface area contributed by atoms with E-state index in [1.54, 1.807) is 12.4 Å². The standard InChI is InChI=1S/C13H18N8O/c1-19-2-4-20(5-3-19)13-15-6-11(7-16-13)18-12(22)8-21-10-14-9-17-21/h6-7,9-10H,2-5,8H2,1H3,(H,18,22). The summed E-state index contributed by atoms with van der Waals surface area (Å²) in [5, 5.41) is 6.62. The van der Waals surface area contributed by atoms with Crippen LogP contribution in [0.15, 0.2) is 25.0 Å². The number of aromatic nitrogens is 5. The number of carbonyl (C=O) groups is 1. The predicted molar refractivity (Wildman–Crippen MR) is 80.4 cm³/mol. The highest BCUT2D eigenvalue weighted by molar-refractivity contribution is 5.90. The summed E-state index contributed by atoms with van der Waals surface area (Å²) in [6, 6.07) is 0. The number of amides is 1. The molecule has 3 rings (SSSR count). The number of hydrogen-bond donors (Lipinski definition) is 1. The van der Waals surface area contributed by atoms with Crippen molar-refractivity contribution in [1.29, 1.82) is 0 Å². The molecule has 0 atom stereocenters. The molecular formula is C13H18N8O. The molecular weight excluding hydrogens is 284 g/mol. The maximum absolute atomic E-state index is 11.8. The maximum atomic E-state index is 11.8. The summed E-state index contributed by atoms with van der Waals surface area (Å²) in [5.41, 5.74) is 0.572. The van der Waals surface area contributed by atoms with E-state index in [-0.39, 0.29) is 12.5 Å². The van der Waals surface area contributed by atoms with Gasteiger partial charge in [0.1, 0.15) is 19.2 Å². The zero-order valence-electron chi connectivity index (χ0n) is 12.4. The largest absolute Gasteiger partial charge is 0.338 e. The molecule has 116 valence electrons. The Bertz CT molecular complexity index is 603. The van der Waals surface area contributed by atoms with Gasteiger partial charge in [-0.2, -0.15) is 5.10 Å². The number of nitrogens with zero attached hydrogens (tertiary/aromatic N) is 7. The molecule has 1 N–H and O–H groups in total. The van der Waals surface area contributed by atoms with Crippen molar-refractivity contribution in [3.05, 3.63) is 25.0 Å². The van der Waals surface area contributed by atoms with Gasteiger partial charge >= 0.3 is 0 Å². The maximum Gasteiger partial charge on any atom is 0.246 e. The van der Waals surface area contributed by atoms with Gasteiger partial charge in [0, 0.05) is 26.2 Å². The van der Waals surface area contributed by atoms with Gasteiger partial charge in [0.15, 0.2) is 0 Å². The minimum absolute atomic E-state index is 0.111. The molecule has 0 bridgehead atoms. The van der Waals surface area contributed by atoms with Gasteiger partial charge in [-0.05, 0) is 7.05 Å². The minimum atomic E-state index is -0.193. The Morgan fingerprint density at radius 1 is 1.23 bits per heavy atom. The molecule has 1 fully saturated rings. The normalized spacial score (nSPS) is 15.8. The second-order valence-corrected chi connectivity index (χ2v) is 5.20. The van der Waals surface area contributed by atoms with Crippen LogP contribution in [0, 0.1) is 0 Å². The molecule has 22 heavy (non-hydrogen) atoms. The molecule has 2 aromatic heterocycles. The van der Waals surface area contributed by atoms with Crippen LogP contribution in [0.25, 0.3) is 0 Å². The number of likely N-dealkylation sites (N-methyl/N-ethyl adjacent to an activating group) is 1. The van der Waals surface area contributed by atoms with E-state index in [4.69, 9.17) is 0 Å². The summed E-state index contributed by atoms with van der Waals surface area (Å²) in [5.74, 6) is 0.504. The van der Waals surface area contributed by atoms with Crippen molar-refractivity contribution < 1.29 is 4.79 Å². The van der Waals surface area contributed by atoms with Gasteiger partial charge < -0.3 is 15.1 Å². The molecule has 0 aliphatic carbocycles. The number of anilines is 2. The Balaban J connectivity index is 1.56. The van der Waals surface area contributed by atoms with Gasteiger partial charge in [0.25, 0.3) is 0 Å². The summed E-state index contributed by atoms with van der Waals surface area (Å²) in [6.45, 7) is 3.93. The zero-order valence-corrected chi connectivity index (χ0v) is 12.4. The highest BCUT2D eigenvalue weighted by atomic mass is 16.2. The van der Waals surface area contributed by atoms with Crippen LogP contribution in [-0.2, 0) is 11.3 Å². The van der Waals surface area contributed by atoms with Gasteiger partial charge in [-0.3, -0.25) is 4.79 Å². The first-order valence-electron chi connectivity index (χ1n) is 7.08. The van der Waals surface area contributed by atoms with Crippen molar-refractivity contribution in [2.75, 3.05) is 43.4 Å². The fourth-order valence-corrected chi connectivity index (χ4v) is 2.22. The number of carbonyl (C=O) groups excluding carboxylic acids is 1. The number of hydrogen-bond acceptors (Lipinski definition) is 7. The lowest BCUT2D eigenvalue weighted by molar-refractivity contribution is -0.116. The fraction of sp³-hybridized carbons (Fsp3) is 0.462. The molecule has 0 radical (unpaired) electrons. The Hall–Kier alpha value is -2.55. The van der Waals surface area contributed by atoms with Crippen molar-refractivity contribution in [3.63, 3.8) is 0 Å². The molecule has 1 saturated heterocycles. The van der Waals surface area contributed by atoms with Gasteiger partial charge in [0.05, 0.1) is 18.1 Å². The molecule has 2 aromatic rings. The van der Waals surface area contributed by atoms with E-state index >= 15 is 0 Å². The van der Waals surface area contributed by atoms with Crippen molar-refractivity contribution in [2.45, 2.75) is 6.54 Å². The highest BCUT2D eigenvalue weighted by Gasteiger charge is 2.16. The number of rotatable bonds is 4. The van der Waals surface area contributed by atoms with Crippen molar-refractivity contribution in [1.82, 2.24) is 29.6 Å². The van der Waals surface area contributed by atoms with E-state index in [2.05, 4.69) is 42.2 Å². The van der Waals surface area contributed by atoms with Crippen LogP contribution in [0.1, 0.15) is 0 Å². The molecule has 9 nitrogen and oxygen atoms in total. The second kappa shape index (κ2) is 6.48. The Morgan fingerprint density at radius 3 is 2.59 bits per heavy atom. The van der Waals surface area contributed by atoms with Gasteiger partial charge in [-0.1, -0.05) is 0 Å². The predicted octanol–water partition coefficient (Wildman–Crippen LogP) is -0.541. The monoisotopic (exact) mass is 302 g/mol.